The molecule has 0 amide bonds. The van der Waals surface area contributed by atoms with E-state index in [9.17, 15) is 0 Å². The molecule has 0 aromatic heterocycles. The third kappa shape index (κ3) is 1.99. The Morgan fingerprint density at radius 1 is 1.56 bits per heavy atom. The Labute approximate surface area is 101 Å². The van der Waals surface area contributed by atoms with Crippen LogP contribution in [0.4, 0.5) is 5.69 Å². The molecule has 3 nitrogen and oxygen atoms in total. The second-order valence-electron chi connectivity index (χ2n) is 3.97. The second kappa shape index (κ2) is 4.73. The maximum Gasteiger partial charge on any atom is 0.103 e. The van der Waals surface area contributed by atoms with Crippen molar-refractivity contribution in [3.8, 4) is 6.07 Å². The van der Waals surface area contributed by atoms with Crippen molar-refractivity contribution >= 4 is 17.3 Å². The number of hydrogen-bond donors (Lipinski definition) is 1. The SMILES string of the molecule is CNC1CCN(c2cccc(Cl)c2C#N)C1. The lowest BCUT2D eigenvalue weighted by molar-refractivity contribution is 0.617. The predicted octanol–water partition coefficient (Wildman–Crippen LogP) is 2.01. The number of likely N-dealkylation sites (N-methyl/N-ethyl adjacent to an activating group) is 1. The van der Waals surface area contributed by atoms with Crippen LogP contribution < -0.4 is 10.2 Å². The fraction of sp³-hybridized carbons (Fsp3) is 0.417. The lowest BCUT2D eigenvalue weighted by atomic mass is 10.2. The summed E-state index contributed by atoms with van der Waals surface area (Å²) >= 11 is 6.01. The molecule has 0 spiro atoms. The van der Waals surface area contributed by atoms with E-state index >= 15 is 0 Å². The number of anilines is 1. The van der Waals surface area contributed by atoms with Crippen LogP contribution in [-0.2, 0) is 0 Å². The topological polar surface area (TPSA) is 39.1 Å². The molecule has 1 fully saturated rings. The van der Waals surface area contributed by atoms with E-state index in [-0.39, 0.29) is 0 Å². The number of hydrogen-bond acceptors (Lipinski definition) is 3. The van der Waals surface area contributed by atoms with Gasteiger partial charge in [0.2, 0.25) is 0 Å². The van der Waals surface area contributed by atoms with Crippen LogP contribution in [0.5, 0.6) is 0 Å². The summed E-state index contributed by atoms with van der Waals surface area (Å²) in [6.45, 7) is 1.91. The molecule has 16 heavy (non-hydrogen) atoms. The number of nitrogens with one attached hydrogen (secondary N) is 1. The third-order valence-corrected chi connectivity index (χ3v) is 3.36. The largest absolute Gasteiger partial charge is 0.369 e. The highest BCUT2D eigenvalue weighted by molar-refractivity contribution is 6.32. The number of nitriles is 1. The molecule has 1 N–H and O–H groups in total. The fourth-order valence-electron chi connectivity index (χ4n) is 2.10. The van der Waals surface area contributed by atoms with Crippen LogP contribution in [0.3, 0.4) is 0 Å². The highest BCUT2D eigenvalue weighted by Gasteiger charge is 2.23. The molecular formula is C12H14ClN3. The molecule has 0 saturated carbocycles. The second-order valence-corrected chi connectivity index (χ2v) is 4.37. The van der Waals surface area contributed by atoms with Crippen molar-refractivity contribution in [2.45, 2.75) is 12.5 Å². The van der Waals surface area contributed by atoms with Crippen LogP contribution in [0.15, 0.2) is 18.2 Å². The van der Waals surface area contributed by atoms with Crippen molar-refractivity contribution < 1.29 is 0 Å². The quantitative estimate of drug-likeness (QED) is 0.853. The minimum atomic E-state index is 0.505. The van der Waals surface area contributed by atoms with Gasteiger partial charge in [-0.2, -0.15) is 5.26 Å². The van der Waals surface area contributed by atoms with Crippen molar-refractivity contribution in [2.75, 3.05) is 25.0 Å². The average Bonchev–Trinajstić information content (AvgIpc) is 2.77. The summed E-state index contributed by atoms with van der Waals surface area (Å²) in [5, 5.41) is 12.9. The van der Waals surface area contributed by atoms with E-state index in [2.05, 4.69) is 16.3 Å². The van der Waals surface area contributed by atoms with Crippen LogP contribution in [0.2, 0.25) is 5.02 Å². The zero-order valence-electron chi connectivity index (χ0n) is 9.20. The molecule has 0 radical (unpaired) electrons. The van der Waals surface area contributed by atoms with E-state index in [0.29, 0.717) is 16.6 Å². The molecule has 1 aromatic rings. The van der Waals surface area contributed by atoms with Crippen LogP contribution in [0.1, 0.15) is 12.0 Å². The van der Waals surface area contributed by atoms with Gasteiger partial charge in [0.15, 0.2) is 0 Å². The zero-order chi connectivity index (χ0) is 11.5. The summed E-state index contributed by atoms with van der Waals surface area (Å²) in [4.78, 5) is 2.21. The van der Waals surface area contributed by atoms with Crippen molar-refractivity contribution in [1.29, 1.82) is 5.26 Å². The zero-order valence-corrected chi connectivity index (χ0v) is 9.96. The van der Waals surface area contributed by atoms with Gasteiger partial charge >= 0.3 is 0 Å². The molecule has 1 aliphatic rings. The first-order valence-electron chi connectivity index (χ1n) is 5.37. The maximum atomic E-state index is 9.11. The van der Waals surface area contributed by atoms with Crippen molar-refractivity contribution in [3.05, 3.63) is 28.8 Å². The van der Waals surface area contributed by atoms with Gasteiger partial charge in [-0.1, -0.05) is 17.7 Å². The smallest absolute Gasteiger partial charge is 0.103 e. The van der Waals surface area contributed by atoms with E-state index in [1.165, 1.54) is 0 Å². The Morgan fingerprint density at radius 3 is 3.00 bits per heavy atom. The first-order chi connectivity index (χ1) is 7.76. The van der Waals surface area contributed by atoms with Gasteiger partial charge in [0.1, 0.15) is 6.07 Å². The molecule has 84 valence electrons. The Balaban J connectivity index is 2.28. The molecule has 0 aliphatic carbocycles. The van der Waals surface area contributed by atoms with Gasteiger partial charge in [0, 0.05) is 19.1 Å². The van der Waals surface area contributed by atoms with Crippen LogP contribution in [-0.4, -0.2) is 26.2 Å². The van der Waals surface area contributed by atoms with Crippen LogP contribution in [0.25, 0.3) is 0 Å². The van der Waals surface area contributed by atoms with Gasteiger partial charge in [0.05, 0.1) is 16.3 Å². The molecule has 2 rings (SSSR count). The van der Waals surface area contributed by atoms with Gasteiger partial charge in [-0.05, 0) is 25.6 Å². The fourth-order valence-corrected chi connectivity index (χ4v) is 2.31. The van der Waals surface area contributed by atoms with Crippen LogP contribution >= 0.6 is 11.6 Å². The minimum absolute atomic E-state index is 0.505. The Morgan fingerprint density at radius 2 is 2.38 bits per heavy atom. The number of benzene rings is 1. The van der Waals surface area contributed by atoms with E-state index in [0.717, 1.165) is 25.2 Å². The molecule has 0 bridgehead atoms. The molecular weight excluding hydrogens is 222 g/mol. The average molecular weight is 236 g/mol. The standard InChI is InChI=1S/C12H14ClN3/c1-15-9-5-6-16(8-9)12-4-2-3-11(13)10(12)7-14/h2-4,9,15H,5-6,8H2,1H3. The number of rotatable bonds is 2. The first-order valence-corrected chi connectivity index (χ1v) is 5.75. The molecule has 1 atom stereocenters. The van der Waals surface area contributed by atoms with E-state index in [1.54, 1.807) is 6.07 Å². The molecule has 1 aromatic carbocycles. The molecule has 1 saturated heterocycles. The Bertz CT molecular complexity index is 425. The lowest BCUT2D eigenvalue weighted by Crippen LogP contribution is -2.29. The number of halogens is 1. The van der Waals surface area contributed by atoms with E-state index < -0.39 is 0 Å². The van der Waals surface area contributed by atoms with Crippen molar-refractivity contribution in [1.82, 2.24) is 5.32 Å². The highest BCUT2D eigenvalue weighted by atomic mass is 35.5. The first kappa shape index (κ1) is 11.3. The summed E-state index contributed by atoms with van der Waals surface area (Å²) < 4.78 is 0. The molecule has 1 unspecified atom stereocenters. The van der Waals surface area contributed by atoms with Crippen LogP contribution in [0, 0.1) is 11.3 Å². The summed E-state index contributed by atoms with van der Waals surface area (Å²) in [5.74, 6) is 0. The highest BCUT2D eigenvalue weighted by Crippen LogP contribution is 2.29. The predicted molar refractivity (Wildman–Crippen MR) is 65.8 cm³/mol. The summed E-state index contributed by atoms with van der Waals surface area (Å²) in [6.07, 6.45) is 1.11. The normalized spacial score (nSPS) is 19.8. The monoisotopic (exact) mass is 235 g/mol. The summed E-state index contributed by atoms with van der Waals surface area (Å²) in [7, 11) is 1.97. The van der Waals surface area contributed by atoms with Gasteiger partial charge in [0.25, 0.3) is 0 Å². The van der Waals surface area contributed by atoms with Gasteiger partial charge in [-0.3, -0.25) is 0 Å². The Kier molecular flexibility index (Phi) is 3.33. The molecule has 1 aliphatic heterocycles. The minimum Gasteiger partial charge on any atom is -0.369 e. The lowest BCUT2D eigenvalue weighted by Gasteiger charge is -2.20. The van der Waals surface area contributed by atoms with Gasteiger partial charge in [-0.15, -0.1) is 0 Å². The number of nitrogens with zero attached hydrogens (tertiary/aromatic N) is 2. The summed E-state index contributed by atoms with van der Waals surface area (Å²) in [6, 6.07) is 8.30. The third-order valence-electron chi connectivity index (χ3n) is 3.04. The molecule has 1 heterocycles. The van der Waals surface area contributed by atoms with Crippen molar-refractivity contribution in [2.24, 2.45) is 0 Å². The molecule has 4 heteroatoms. The summed E-state index contributed by atoms with van der Waals surface area (Å²) in [5.41, 5.74) is 1.54. The Hall–Kier alpha value is -1.24. The van der Waals surface area contributed by atoms with Crippen molar-refractivity contribution in [3.63, 3.8) is 0 Å². The maximum absolute atomic E-state index is 9.11. The van der Waals surface area contributed by atoms with E-state index in [1.807, 2.05) is 19.2 Å². The van der Waals surface area contributed by atoms with Gasteiger partial charge in [-0.25, -0.2) is 0 Å². The van der Waals surface area contributed by atoms with Gasteiger partial charge < -0.3 is 10.2 Å². The van der Waals surface area contributed by atoms with E-state index in [4.69, 9.17) is 16.9 Å².